The van der Waals surface area contributed by atoms with Gasteiger partial charge in [0.05, 0.1) is 0 Å². The molecule has 0 saturated carbocycles. The quantitative estimate of drug-likeness (QED) is 0.889. The van der Waals surface area contributed by atoms with Crippen molar-refractivity contribution in [3.05, 3.63) is 58.3 Å². The van der Waals surface area contributed by atoms with E-state index in [-0.39, 0.29) is 0 Å². The van der Waals surface area contributed by atoms with E-state index in [0.29, 0.717) is 6.04 Å². The van der Waals surface area contributed by atoms with E-state index < -0.39 is 0 Å². The Kier molecular flexibility index (Phi) is 4.61. The number of rotatable bonds is 5. The van der Waals surface area contributed by atoms with Crippen molar-refractivity contribution in [1.29, 1.82) is 0 Å². The molecule has 0 aliphatic rings. The second kappa shape index (κ2) is 6.21. The Bertz CT molecular complexity index is 503. The van der Waals surface area contributed by atoms with Crippen LogP contribution in [-0.4, -0.2) is 10.6 Å². The normalized spacial score (nSPS) is 11.1. The van der Waals surface area contributed by atoms with Crippen molar-refractivity contribution in [1.82, 2.24) is 9.88 Å². The largest absolute Gasteiger partial charge is 0.346 e. The van der Waals surface area contributed by atoms with Gasteiger partial charge in [0.15, 0.2) is 0 Å². The van der Waals surface area contributed by atoms with Gasteiger partial charge in [0, 0.05) is 35.5 Å². The Hall–Kier alpha value is -1.06. The van der Waals surface area contributed by atoms with Crippen molar-refractivity contribution in [2.45, 2.75) is 33.0 Å². The molecular weight excluding hydrogens is 288 g/mol. The maximum atomic E-state index is 3.51. The molecule has 0 saturated heterocycles. The van der Waals surface area contributed by atoms with Gasteiger partial charge in [-0.05, 0) is 29.8 Å². The van der Waals surface area contributed by atoms with Gasteiger partial charge in [-0.25, -0.2) is 0 Å². The fourth-order valence-corrected chi connectivity index (χ4v) is 2.35. The molecule has 0 unspecified atom stereocenters. The van der Waals surface area contributed by atoms with Crippen LogP contribution < -0.4 is 5.32 Å². The maximum Gasteiger partial charge on any atom is 0.0473 e. The van der Waals surface area contributed by atoms with Crippen LogP contribution in [0.25, 0.3) is 0 Å². The van der Waals surface area contributed by atoms with E-state index in [1.807, 2.05) is 0 Å². The minimum absolute atomic E-state index is 0.513. The molecule has 0 aliphatic heterocycles. The first-order chi connectivity index (χ1) is 8.65. The Morgan fingerprint density at radius 3 is 2.78 bits per heavy atom. The van der Waals surface area contributed by atoms with Gasteiger partial charge >= 0.3 is 0 Å². The van der Waals surface area contributed by atoms with Crippen molar-refractivity contribution in [2.75, 3.05) is 0 Å². The third kappa shape index (κ3) is 3.72. The summed E-state index contributed by atoms with van der Waals surface area (Å²) < 4.78 is 3.42. The monoisotopic (exact) mass is 306 g/mol. The summed E-state index contributed by atoms with van der Waals surface area (Å²) in [6.07, 6.45) is 2.14. The van der Waals surface area contributed by atoms with Gasteiger partial charge < -0.3 is 9.88 Å². The van der Waals surface area contributed by atoms with Gasteiger partial charge in [-0.1, -0.05) is 41.9 Å². The molecule has 1 aromatic heterocycles. The molecular formula is C15H19BrN2. The van der Waals surface area contributed by atoms with Crippen LogP contribution in [0.15, 0.2) is 47.1 Å². The van der Waals surface area contributed by atoms with Gasteiger partial charge in [0.1, 0.15) is 0 Å². The molecule has 0 bridgehead atoms. The predicted octanol–water partition coefficient (Wildman–Crippen LogP) is 3.80. The van der Waals surface area contributed by atoms with E-state index in [0.717, 1.165) is 17.6 Å². The Balaban J connectivity index is 2.07. The van der Waals surface area contributed by atoms with Gasteiger partial charge in [-0.2, -0.15) is 0 Å². The zero-order valence-corrected chi connectivity index (χ0v) is 12.4. The van der Waals surface area contributed by atoms with E-state index in [2.05, 4.69) is 82.3 Å². The van der Waals surface area contributed by atoms with Crippen molar-refractivity contribution < 1.29 is 0 Å². The van der Waals surface area contributed by atoms with Crippen LogP contribution in [0.3, 0.4) is 0 Å². The maximum absolute atomic E-state index is 3.51. The third-order valence-corrected chi connectivity index (χ3v) is 3.35. The number of halogens is 1. The minimum Gasteiger partial charge on any atom is -0.346 e. The highest BCUT2D eigenvalue weighted by Gasteiger charge is 2.03. The summed E-state index contributed by atoms with van der Waals surface area (Å²) in [5.74, 6) is 0. The second-order valence-corrected chi connectivity index (χ2v) is 5.71. The number of hydrogen-bond acceptors (Lipinski definition) is 1. The molecule has 0 spiro atoms. The van der Waals surface area contributed by atoms with E-state index in [1.165, 1.54) is 11.3 Å². The fourth-order valence-electron chi connectivity index (χ4n) is 1.90. The van der Waals surface area contributed by atoms with E-state index in [4.69, 9.17) is 0 Å². The summed E-state index contributed by atoms with van der Waals surface area (Å²) >= 11 is 3.51. The lowest BCUT2D eigenvalue weighted by molar-refractivity contribution is 0.564. The molecule has 3 heteroatoms. The highest BCUT2D eigenvalue weighted by atomic mass is 79.9. The van der Waals surface area contributed by atoms with Gasteiger partial charge in [-0.15, -0.1) is 0 Å². The average molecular weight is 307 g/mol. The molecule has 0 atom stereocenters. The molecule has 0 aliphatic carbocycles. The molecule has 2 aromatic rings. The summed E-state index contributed by atoms with van der Waals surface area (Å²) in [5, 5.41) is 3.46. The van der Waals surface area contributed by atoms with Crippen LogP contribution in [0.2, 0.25) is 0 Å². The first kappa shape index (κ1) is 13.4. The van der Waals surface area contributed by atoms with Gasteiger partial charge in [0.2, 0.25) is 0 Å². The summed E-state index contributed by atoms with van der Waals surface area (Å²) in [6.45, 7) is 6.17. The molecule has 1 aromatic carbocycles. The lowest BCUT2D eigenvalue weighted by Crippen LogP contribution is -2.23. The second-order valence-electron chi connectivity index (χ2n) is 4.79. The third-order valence-electron chi connectivity index (χ3n) is 2.86. The van der Waals surface area contributed by atoms with E-state index in [1.54, 1.807) is 0 Å². The topological polar surface area (TPSA) is 17.0 Å². The van der Waals surface area contributed by atoms with Crippen molar-refractivity contribution in [3.63, 3.8) is 0 Å². The highest BCUT2D eigenvalue weighted by molar-refractivity contribution is 9.10. The number of nitrogens with zero attached hydrogens (tertiary/aromatic N) is 1. The molecule has 2 nitrogen and oxygen atoms in total. The van der Waals surface area contributed by atoms with Crippen molar-refractivity contribution >= 4 is 15.9 Å². The molecule has 18 heavy (non-hydrogen) atoms. The smallest absolute Gasteiger partial charge is 0.0473 e. The van der Waals surface area contributed by atoms with Gasteiger partial charge in [0.25, 0.3) is 0 Å². The van der Waals surface area contributed by atoms with Crippen LogP contribution in [0.5, 0.6) is 0 Å². The van der Waals surface area contributed by atoms with Crippen molar-refractivity contribution in [2.24, 2.45) is 0 Å². The van der Waals surface area contributed by atoms with Gasteiger partial charge in [-0.3, -0.25) is 0 Å². The van der Waals surface area contributed by atoms with Crippen LogP contribution >= 0.6 is 15.9 Å². The molecule has 0 amide bonds. The molecule has 1 heterocycles. The Morgan fingerprint density at radius 2 is 2.06 bits per heavy atom. The molecule has 1 N–H and O–H groups in total. The van der Waals surface area contributed by atoms with E-state index >= 15 is 0 Å². The Labute approximate surface area is 117 Å². The van der Waals surface area contributed by atoms with Crippen molar-refractivity contribution in [3.8, 4) is 0 Å². The summed E-state index contributed by atoms with van der Waals surface area (Å²) in [5.41, 5.74) is 2.63. The number of aromatic nitrogens is 1. The first-order valence-corrected chi connectivity index (χ1v) is 7.06. The van der Waals surface area contributed by atoms with E-state index in [9.17, 15) is 0 Å². The SMILES string of the molecule is CC(C)NCc1cccn1Cc1cccc(Br)c1. The minimum atomic E-state index is 0.513. The molecule has 2 rings (SSSR count). The average Bonchev–Trinajstić information content (AvgIpc) is 2.74. The standard InChI is InChI=1S/C15H19BrN2/c1-12(2)17-10-15-7-4-8-18(15)11-13-5-3-6-14(16)9-13/h3-9,12,17H,10-11H2,1-2H3. The fraction of sp³-hybridized carbons (Fsp3) is 0.333. The van der Waals surface area contributed by atoms with Crippen LogP contribution in [0.4, 0.5) is 0 Å². The van der Waals surface area contributed by atoms with Crippen LogP contribution in [0.1, 0.15) is 25.1 Å². The highest BCUT2D eigenvalue weighted by Crippen LogP contribution is 2.14. The van der Waals surface area contributed by atoms with Crippen LogP contribution in [-0.2, 0) is 13.1 Å². The Morgan fingerprint density at radius 1 is 1.22 bits per heavy atom. The summed E-state index contributed by atoms with van der Waals surface area (Å²) in [4.78, 5) is 0. The molecule has 0 radical (unpaired) electrons. The lowest BCUT2D eigenvalue weighted by Gasteiger charge is -2.12. The number of benzene rings is 1. The lowest BCUT2D eigenvalue weighted by atomic mass is 10.2. The molecule has 0 fully saturated rings. The zero-order valence-electron chi connectivity index (χ0n) is 10.9. The first-order valence-electron chi connectivity index (χ1n) is 6.27. The number of hydrogen-bond donors (Lipinski definition) is 1. The predicted molar refractivity (Wildman–Crippen MR) is 79.7 cm³/mol. The molecule has 96 valence electrons. The summed E-state index contributed by atoms with van der Waals surface area (Å²) in [6, 6.07) is 13.3. The zero-order chi connectivity index (χ0) is 13.0. The number of nitrogens with one attached hydrogen (secondary N) is 1. The summed E-state index contributed by atoms with van der Waals surface area (Å²) in [7, 11) is 0. The van der Waals surface area contributed by atoms with Crippen LogP contribution in [0, 0.1) is 0 Å².